The number of nitrogens with one attached hydrogen (secondary N) is 3. The fourth-order valence-electron chi connectivity index (χ4n) is 4.79. The third-order valence-electron chi connectivity index (χ3n) is 6.78. The van der Waals surface area contributed by atoms with Crippen LogP contribution in [0, 0.1) is 0 Å². The topological polar surface area (TPSA) is 108 Å². The maximum Gasteiger partial charge on any atom is 0.325 e. The van der Waals surface area contributed by atoms with Gasteiger partial charge in [0.05, 0.1) is 11.3 Å². The van der Waals surface area contributed by atoms with Crippen LogP contribution in [0.2, 0.25) is 0 Å². The fraction of sp³-hybridized carbons (Fsp3) is 0.407. The second-order valence-corrected chi connectivity index (χ2v) is 9.44. The third-order valence-corrected chi connectivity index (χ3v) is 6.78. The number of para-hydroxylation sites is 1. The minimum atomic E-state index is -1.25. The molecular weight excluding hydrogens is 444 g/mol. The molecule has 1 aliphatic carbocycles. The molecule has 0 bridgehead atoms. The lowest BCUT2D eigenvalue weighted by Crippen LogP contribution is -2.42. The van der Waals surface area contributed by atoms with Crippen molar-refractivity contribution in [1.82, 2.24) is 15.5 Å². The van der Waals surface area contributed by atoms with E-state index in [-0.39, 0.29) is 11.9 Å². The number of aryl methyl sites for hydroxylation is 1. The number of carbonyl (C=O) groups excluding carboxylic acids is 4. The van der Waals surface area contributed by atoms with Crippen LogP contribution in [-0.4, -0.2) is 41.2 Å². The van der Waals surface area contributed by atoms with Gasteiger partial charge in [0.1, 0.15) is 12.1 Å². The van der Waals surface area contributed by atoms with Gasteiger partial charge in [0.2, 0.25) is 5.91 Å². The molecule has 2 aromatic rings. The summed E-state index contributed by atoms with van der Waals surface area (Å²) in [4.78, 5) is 52.4. The second-order valence-electron chi connectivity index (χ2n) is 9.44. The Morgan fingerprint density at radius 2 is 1.74 bits per heavy atom. The molecule has 8 heteroatoms. The largest absolute Gasteiger partial charge is 0.349 e. The highest BCUT2D eigenvalue weighted by Gasteiger charge is 2.49. The average Bonchev–Trinajstić information content (AvgIpc) is 3.42. The number of carbonyl (C=O) groups is 4. The van der Waals surface area contributed by atoms with E-state index in [4.69, 9.17) is 0 Å². The zero-order valence-electron chi connectivity index (χ0n) is 20.2. The zero-order valence-corrected chi connectivity index (χ0v) is 20.2. The van der Waals surface area contributed by atoms with Gasteiger partial charge in [-0.2, -0.15) is 0 Å². The highest BCUT2D eigenvalue weighted by atomic mass is 16.2. The summed E-state index contributed by atoms with van der Waals surface area (Å²) in [5, 5.41) is 8.45. The normalized spacial score (nSPS) is 20.1. The molecule has 184 valence electrons. The molecule has 0 spiro atoms. The highest BCUT2D eigenvalue weighted by molar-refractivity contribution is 6.11. The summed E-state index contributed by atoms with van der Waals surface area (Å²) >= 11 is 0. The summed E-state index contributed by atoms with van der Waals surface area (Å²) in [6.45, 7) is 3.29. The molecule has 2 aromatic carbocycles. The molecule has 1 aliphatic heterocycles. The molecule has 35 heavy (non-hydrogen) atoms. The van der Waals surface area contributed by atoms with Crippen molar-refractivity contribution in [2.75, 3.05) is 11.9 Å². The number of hydrogen-bond donors (Lipinski definition) is 3. The van der Waals surface area contributed by atoms with Gasteiger partial charge in [0.15, 0.2) is 0 Å². The Morgan fingerprint density at radius 3 is 2.43 bits per heavy atom. The van der Waals surface area contributed by atoms with Crippen LogP contribution in [0.25, 0.3) is 0 Å². The van der Waals surface area contributed by atoms with E-state index < -0.39 is 29.9 Å². The number of anilines is 1. The lowest BCUT2D eigenvalue weighted by molar-refractivity contribution is -0.133. The summed E-state index contributed by atoms with van der Waals surface area (Å²) in [6.07, 6.45) is 6.04. The van der Waals surface area contributed by atoms with Gasteiger partial charge in [-0.15, -0.1) is 0 Å². The lowest BCUT2D eigenvalue weighted by Gasteiger charge is -2.22. The minimum absolute atomic E-state index is 0.144. The van der Waals surface area contributed by atoms with Gasteiger partial charge in [0, 0.05) is 6.04 Å². The molecule has 5 amide bonds. The van der Waals surface area contributed by atoms with E-state index in [0.29, 0.717) is 16.8 Å². The Bertz CT molecular complexity index is 1120. The van der Waals surface area contributed by atoms with Crippen LogP contribution in [0.3, 0.4) is 0 Å². The van der Waals surface area contributed by atoms with Gasteiger partial charge in [-0.3, -0.25) is 19.3 Å². The molecule has 1 unspecified atom stereocenters. The van der Waals surface area contributed by atoms with Gasteiger partial charge in [-0.25, -0.2) is 4.79 Å². The smallest absolute Gasteiger partial charge is 0.325 e. The molecule has 0 aromatic heterocycles. The molecule has 1 heterocycles. The molecule has 4 rings (SSSR count). The van der Waals surface area contributed by atoms with E-state index >= 15 is 0 Å². The number of imide groups is 1. The summed E-state index contributed by atoms with van der Waals surface area (Å²) in [5.74, 6) is -1.30. The molecule has 1 saturated heterocycles. The summed E-state index contributed by atoms with van der Waals surface area (Å²) < 4.78 is 0. The van der Waals surface area contributed by atoms with Crippen molar-refractivity contribution >= 4 is 29.4 Å². The van der Waals surface area contributed by atoms with E-state index in [1.165, 1.54) is 0 Å². The Labute approximate surface area is 205 Å². The van der Waals surface area contributed by atoms with Gasteiger partial charge >= 0.3 is 6.03 Å². The van der Waals surface area contributed by atoms with Crippen LogP contribution in [-0.2, 0) is 21.5 Å². The maximum atomic E-state index is 13.2. The Balaban J connectivity index is 1.43. The van der Waals surface area contributed by atoms with Crippen molar-refractivity contribution in [2.45, 2.75) is 64.0 Å². The number of nitrogens with zero attached hydrogens (tertiary/aromatic N) is 1. The molecular formula is C27H32N4O4. The maximum absolute atomic E-state index is 13.2. The Kier molecular flexibility index (Phi) is 7.19. The lowest BCUT2D eigenvalue weighted by atomic mass is 9.91. The number of rotatable bonds is 8. The summed E-state index contributed by atoms with van der Waals surface area (Å²) in [7, 11) is 0. The first-order valence-electron chi connectivity index (χ1n) is 12.2. The van der Waals surface area contributed by atoms with E-state index in [2.05, 4.69) is 22.9 Å². The molecule has 2 fully saturated rings. The van der Waals surface area contributed by atoms with Gasteiger partial charge in [-0.1, -0.05) is 62.6 Å². The first-order chi connectivity index (χ1) is 16.8. The van der Waals surface area contributed by atoms with E-state index in [0.717, 1.165) is 49.0 Å². The highest BCUT2D eigenvalue weighted by Crippen LogP contribution is 2.29. The molecule has 1 saturated carbocycles. The van der Waals surface area contributed by atoms with E-state index in [9.17, 15) is 19.2 Å². The predicted molar refractivity (Wildman–Crippen MR) is 133 cm³/mol. The predicted octanol–water partition coefficient (Wildman–Crippen LogP) is 3.72. The van der Waals surface area contributed by atoms with Crippen molar-refractivity contribution in [3.05, 3.63) is 65.2 Å². The van der Waals surface area contributed by atoms with Gasteiger partial charge < -0.3 is 16.0 Å². The van der Waals surface area contributed by atoms with Crippen molar-refractivity contribution in [2.24, 2.45) is 0 Å². The van der Waals surface area contributed by atoms with Crippen LogP contribution < -0.4 is 16.0 Å². The van der Waals surface area contributed by atoms with Crippen LogP contribution in [0.15, 0.2) is 48.5 Å². The minimum Gasteiger partial charge on any atom is -0.349 e. The van der Waals surface area contributed by atoms with Crippen molar-refractivity contribution < 1.29 is 19.2 Å². The van der Waals surface area contributed by atoms with Crippen LogP contribution >= 0.6 is 0 Å². The standard InChI is InChI=1S/C27H32N4O4/c1-3-8-18-13-15-19(16-14-18)27(2)25(34)31(26(35)30-27)17-23(32)29-22-12-7-6-11-21(22)24(33)28-20-9-4-5-10-20/h6-7,11-16,20H,3-5,8-10,17H2,1-2H3,(H,28,33)(H,29,32)(H,30,35). The Hall–Kier alpha value is -3.68. The van der Waals surface area contributed by atoms with E-state index in [1.807, 2.05) is 24.3 Å². The van der Waals surface area contributed by atoms with Crippen LogP contribution in [0.4, 0.5) is 10.5 Å². The van der Waals surface area contributed by atoms with E-state index in [1.54, 1.807) is 31.2 Å². The van der Waals surface area contributed by atoms with Gasteiger partial charge in [0.25, 0.3) is 11.8 Å². The molecule has 8 nitrogen and oxygen atoms in total. The second kappa shape index (κ2) is 10.3. The number of benzene rings is 2. The van der Waals surface area contributed by atoms with Crippen molar-refractivity contribution in [3.8, 4) is 0 Å². The molecule has 2 aliphatic rings. The SMILES string of the molecule is CCCc1ccc(C2(C)NC(=O)N(CC(=O)Nc3ccccc3C(=O)NC3CCCC3)C2=O)cc1. The first kappa shape index (κ1) is 24.4. The third kappa shape index (κ3) is 5.21. The summed E-state index contributed by atoms with van der Waals surface area (Å²) in [6, 6.07) is 13.8. The van der Waals surface area contributed by atoms with Crippen molar-refractivity contribution in [3.63, 3.8) is 0 Å². The molecule has 1 atom stereocenters. The number of amides is 5. The Morgan fingerprint density at radius 1 is 1.06 bits per heavy atom. The van der Waals surface area contributed by atoms with Gasteiger partial charge in [-0.05, 0) is 49.4 Å². The summed E-state index contributed by atoms with van der Waals surface area (Å²) in [5.41, 5.74) is 1.26. The zero-order chi connectivity index (χ0) is 25.0. The van der Waals surface area contributed by atoms with Crippen molar-refractivity contribution in [1.29, 1.82) is 0 Å². The first-order valence-corrected chi connectivity index (χ1v) is 12.2. The quantitative estimate of drug-likeness (QED) is 0.505. The molecule has 3 N–H and O–H groups in total. The fourth-order valence-corrected chi connectivity index (χ4v) is 4.79. The van der Waals surface area contributed by atoms with Crippen LogP contribution in [0.5, 0.6) is 0 Å². The van der Waals surface area contributed by atoms with Crippen LogP contribution in [0.1, 0.15) is 67.4 Å². The number of hydrogen-bond acceptors (Lipinski definition) is 4. The molecule has 0 radical (unpaired) electrons. The average molecular weight is 477 g/mol. The monoisotopic (exact) mass is 476 g/mol. The number of urea groups is 1.